The van der Waals surface area contributed by atoms with E-state index in [2.05, 4.69) is 5.32 Å². The van der Waals surface area contributed by atoms with E-state index in [-0.39, 0.29) is 0 Å². The molecule has 1 rings (SSSR count). The minimum atomic E-state index is -4.32. The number of carbonyl (C=O) groups is 2. The Morgan fingerprint density at radius 2 is 1.94 bits per heavy atom. The average molecular weight is 252 g/mol. The molecule has 0 bridgehead atoms. The predicted molar refractivity (Wildman–Crippen MR) is 54.1 cm³/mol. The minimum absolute atomic E-state index is 0.375. The number of nitrogens with zero attached hydrogens (tertiary/aromatic N) is 1. The molecule has 0 aromatic rings. The van der Waals surface area contributed by atoms with Crippen molar-refractivity contribution >= 4 is 11.8 Å². The van der Waals surface area contributed by atoms with Crippen LogP contribution in [0.15, 0.2) is 0 Å². The molecule has 1 heterocycles. The number of piperazine rings is 1. The lowest BCUT2D eigenvalue weighted by atomic mass is 10.1. The van der Waals surface area contributed by atoms with Gasteiger partial charge in [-0.15, -0.1) is 0 Å². The topological polar surface area (TPSA) is 49.4 Å². The smallest absolute Gasteiger partial charge is 0.343 e. The van der Waals surface area contributed by atoms with Crippen molar-refractivity contribution < 1.29 is 22.8 Å². The monoisotopic (exact) mass is 252 g/mol. The van der Waals surface area contributed by atoms with Crippen LogP contribution in [-0.4, -0.2) is 41.5 Å². The molecule has 0 saturated carbocycles. The van der Waals surface area contributed by atoms with Crippen LogP contribution in [0.2, 0.25) is 0 Å². The van der Waals surface area contributed by atoms with Gasteiger partial charge in [-0.2, -0.15) is 13.2 Å². The van der Waals surface area contributed by atoms with Gasteiger partial charge < -0.3 is 10.2 Å². The lowest BCUT2D eigenvalue weighted by Gasteiger charge is -2.37. The molecule has 2 atom stereocenters. The van der Waals surface area contributed by atoms with Crippen molar-refractivity contribution in [3.63, 3.8) is 0 Å². The maximum atomic E-state index is 12.1. The summed E-state index contributed by atoms with van der Waals surface area (Å²) in [7, 11) is 0. The van der Waals surface area contributed by atoms with Gasteiger partial charge in [-0.3, -0.25) is 9.59 Å². The second-order valence-electron chi connectivity index (χ2n) is 4.04. The minimum Gasteiger partial charge on any atom is -0.343 e. The van der Waals surface area contributed by atoms with E-state index in [0.29, 0.717) is 6.42 Å². The van der Waals surface area contributed by atoms with Crippen molar-refractivity contribution in [1.82, 2.24) is 10.2 Å². The van der Waals surface area contributed by atoms with Gasteiger partial charge in [0, 0.05) is 6.54 Å². The Labute approximate surface area is 97.1 Å². The van der Waals surface area contributed by atoms with E-state index < -0.39 is 43.0 Å². The van der Waals surface area contributed by atoms with Crippen molar-refractivity contribution in [3.05, 3.63) is 0 Å². The van der Waals surface area contributed by atoms with Gasteiger partial charge in [0.2, 0.25) is 11.8 Å². The van der Waals surface area contributed by atoms with Gasteiger partial charge >= 0.3 is 6.18 Å². The number of hydrogen-bond donors (Lipinski definition) is 1. The molecule has 7 heteroatoms. The van der Waals surface area contributed by atoms with E-state index in [1.807, 2.05) is 0 Å². The Bertz CT molecular complexity index is 317. The zero-order valence-electron chi connectivity index (χ0n) is 9.67. The van der Waals surface area contributed by atoms with Gasteiger partial charge in [-0.1, -0.05) is 6.92 Å². The molecular weight excluding hydrogens is 237 g/mol. The molecule has 98 valence electrons. The largest absolute Gasteiger partial charge is 0.390 e. The first-order chi connectivity index (χ1) is 7.76. The fraction of sp³-hybridized carbons (Fsp3) is 0.800. The summed E-state index contributed by atoms with van der Waals surface area (Å²) in [6.45, 7) is 2.66. The highest BCUT2D eigenvalue weighted by atomic mass is 19.4. The van der Waals surface area contributed by atoms with E-state index in [1.54, 1.807) is 6.92 Å². The molecule has 0 radical (unpaired) electrons. The highest BCUT2D eigenvalue weighted by Crippen LogP contribution is 2.22. The number of carbonyl (C=O) groups excluding carboxylic acids is 2. The van der Waals surface area contributed by atoms with E-state index >= 15 is 0 Å². The number of alkyl halides is 3. The first-order valence-corrected chi connectivity index (χ1v) is 5.44. The molecule has 2 unspecified atom stereocenters. The molecule has 0 aromatic heterocycles. The van der Waals surface area contributed by atoms with Gasteiger partial charge in [0.15, 0.2) is 0 Å². The van der Waals surface area contributed by atoms with Crippen molar-refractivity contribution in [1.29, 1.82) is 0 Å². The standard InChI is InChI=1S/C10H15F3N2O2/c1-3-7-9(17)15(5-4-10(11,12)13)6(2)8(16)14-7/h6-7H,3-5H2,1-2H3,(H,14,16). The van der Waals surface area contributed by atoms with Gasteiger partial charge in [-0.05, 0) is 13.3 Å². The summed E-state index contributed by atoms with van der Waals surface area (Å²) in [6.07, 6.45) is -5.04. The van der Waals surface area contributed by atoms with Crippen molar-refractivity contribution in [2.45, 2.75) is 44.9 Å². The van der Waals surface area contributed by atoms with Crippen molar-refractivity contribution in [2.24, 2.45) is 0 Å². The lowest BCUT2D eigenvalue weighted by molar-refractivity contribution is -0.157. The summed E-state index contributed by atoms with van der Waals surface area (Å²) in [5, 5.41) is 2.48. The average Bonchev–Trinajstić information content (AvgIpc) is 2.22. The Balaban J connectivity index is 2.72. The first-order valence-electron chi connectivity index (χ1n) is 5.44. The second-order valence-corrected chi connectivity index (χ2v) is 4.04. The summed E-state index contributed by atoms with van der Waals surface area (Å²) in [6, 6.07) is -1.54. The summed E-state index contributed by atoms with van der Waals surface area (Å²) in [4.78, 5) is 24.2. The normalized spacial score (nSPS) is 26.1. The molecule has 17 heavy (non-hydrogen) atoms. The highest BCUT2D eigenvalue weighted by Gasteiger charge is 2.39. The van der Waals surface area contributed by atoms with Gasteiger partial charge in [0.25, 0.3) is 0 Å². The van der Waals surface area contributed by atoms with Gasteiger partial charge in [0.1, 0.15) is 12.1 Å². The Morgan fingerprint density at radius 1 is 1.35 bits per heavy atom. The van der Waals surface area contributed by atoms with Crippen LogP contribution in [0.3, 0.4) is 0 Å². The second kappa shape index (κ2) is 4.93. The van der Waals surface area contributed by atoms with Crippen molar-refractivity contribution in [2.75, 3.05) is 6.54 Å². The molecule has 4 nitrogen and oxygen atoms in total. The van der Waals surface area contributed by atoms with Crippen LogP contribution in [0, 0.1) is 0 Å². The molecule has 0 aromatic carbocycles. The van der Waals surface area contributed by atoms with Crippen LogP contribution < -0.4 is 5.32 Å². The maximum Gasteiger partial charge on any atom is 0.390 e. The number of hydrogen-bond acceptors (Lipinski definition) is 2. The van der Waals surface area contributed by atoms with Crippen LogP contribution in [-0.2, 0) is 9.59 Å². The lowest BCUT2D eigenvalue weighted by Crippen LogP contribution is -2.62. The van der Waals surface area contributed by atoms with Crippen LogP contribution in [0.5, 0.6) is 0 Å². The highest BCUT2D eigenvalue weighted by molar-refractivity contribution is 5.96. The fourth-order valence-electron chi connectivity index (χ4n) is 1.71. The Morgan fingerprint density at radius 3 is 2.41 bits per heavy atom. The Hall–Kier alpha value is -1.27. The van der Waals surface area contributed by atoms with Crippen LogP contribution >= 0.6 is 0 Å². The van der Waals surface area contributed by atoms with Crippen LogP contribution in [0.1, 0.15) is 26.7 Å². The number of rotatable bonds is 3. The third-order valence-electron chi connectivity index (χ3n) is 2.79. The molecule has 0 spiro atoms. The molecular formula is C10H15F3N2O2. The van der Waals surface area contributed by atoms with E-state index in [4.69, 9.17) is 0 Å². The first kappa shape index (κ1) is 13.8. The van der Waals surface area contributed by atoms with E-state index in [0.717, 1.165) is 4.90 Å². The molecule has 1 aliphatic rings. The number of amides is 2. The third-order valence-corrected chi connectivity index (χ3v) is 2.79. The quantitative estimate of drug-likeness (QED) is 0.816. The molecule has 2 amide bonds. The zero-order valence-corrected chi connectivity index (χ0v) is 9.67. The maximum absolute atomic E-state index is 12.1. The fourth-order valence-corrected chi connectivity index (χ4v) is 1.71. The SMILES string of the molecule is CCC1NC(=O)C(C)N(CCC(F)(F)F)C1=O. The predicted octanol–water partition coefficient (Wildman–Crippen LogP) is 1.06. The molecule has 1 N–H and O–H groups in total. The van der Waals surface area contributed by atoms with Crippen LogP contribution in [0.4, 0.5) is 13.2 Å². The molecule has 1 fully saturated rings. The zero-order chi connectivity index (χ0) is 13.2. The summed E-state index contributed by atoms with van der Waals surface area (Å²) < 4.78 is 36.3. The Kier molecular flexibility index (Phi) is 4.00. The summed E-state index contributed by atoms with van der Waals surface area (Å²) in [5.74, 6) is -0.845. The molecule has 1 saturated heterocycles. The number of nitrogens with one attached hydrogen (secondary N) is 1. The summed E-state index contributed by atoms with van der Waals surface area (Å²) >= 11 is 0. The van der Waals surface area contributed by atoms with Crippen LogP contribution in [0.25, 0.3) is 0 Å². The molecule has 0 aliphatic carbocycles. The van der Waals surface area contributed by atoms with Gasteiger partial charge in [0.05, 0.1) is 6.42 Å². The van der Waals surface area contributed by atoms with E-state index in [1.165, 1.54) is 6.92 Å². The third kappa shape index (κ3) is 3.34. The van der Waals surface area contributed by atoms with E-state index in [9.17, 15) is 22.8 Å². The van der Waals surface area contributed by atoms with Crippen molar-refractivity contribution in [3.8, 4) is 0 Å². The van der Waals surface area contributed by atoms with Gasteiger partial charge in [-0.25, -0.2) is 0 Å². The number of halogens is 3. The summed E-state index contributed by atoms with van der Waals surface area (Å²) in [5.41, 5.74) is 0. The molecule has 1 aliphatic heterocycles.